The Hall–Kier alpha value is -2.62. The molecule has 4 rings (SSSR count). The highest BCUT2D eigenvalue weighted by atomic mass is 35.5. The van der Waals surface area contributed by atoms with Crippen LogP contribution in [0.25, 0.3) is 22.4 Å². The number of aromatic nitrogens is 2. The van der Waals surface area contributed by atoms with Crippen molar-refractivity contribution in [3.63, 3.8) is 0 Å². The zero-order chi connectivity index (χ0) is 18.3. The maximum atomic E-state index is 12.4. The Balaban J connectivity index is 1.64. The maximum absolute atomic E-state index is 12.4. The fraction of sp³-hybridized carbons (Fsp3) is 0. The molecule has 10 heteroatoms. The van der Waals surface area contributed by atoms with Crippen molar-refractivity contribution in [1.82, 2.24) is 9.97 Å². The largest absolute Gasteiger partial charge is 0.417 e. The van der Waals surface area contributed by atoms with Crippen molar-refractivity contribution in [3.8, 4) is 11.3 Å². The molecule has 0 spiro atoms. The highest BCUT2D eigenvalue weighted by molar-refractivity contribution is 7.93. The van der Waals surface area contributed by atoms with Crippen LogP contribution < -0.4 is 10.5 Å². The van der Waals surface area contributed by atoms with Crippen LogP contribution in [-0.4, -0.2) is 18.4 Å². The number of hydrogen-bond donors (Lipinski definition) is 2. The number of halogens is 1. The van der Waals surface area contributed by atoms with E-state index in [1.54, 1.807) is 35.7 Å². The minimum atomic E-state index is -3.79. The second kappa shape index (κ2) is 6.27. The van der Waals surface area contributed by atoms with Crippen LogP contribution in [0.5, 0.6) is 0 Å². The van der Waals surface area contributed by atoms with Crippen LogP contribution in [0, 0.1) is 0 Å². The first kappa shape index (κ1) is 16.8. The lowest BCUT2D eigenvalue weighted by molar-refractivity contribution is 0.555. The lowest BCUT2D eigenvalue weighted by Gasteiger charge is -2.05. The van der Waals surface area contributed by atoms with E-state index in [-0.39, 0.29) is 10.0 Å². The second-order valence-electron chi connectivity index (χ2n) is 5.33. The number of sulfonamides is 1. The van der Waals surface area contributed by atoms with E-state index >= 15 is 0 Å². The molecule has 0 aliphatic heterocycles. The minimum absolute atomic E-state index is 0.0530. The summed E-state index contributed by atoms with van der Waals surface area (Å²) in [6, 6.07) is 11.1. The highest BCUT2D eigenvalue weighted by Crippen LogP contribution is 2.28. The average Bonchev–Trinajstić information content (AvgIpc) is 3.19. The van der Waals surface area contributed by atoms with E-state index in [4.69, 9.17) is 16.0 Å². The normalized spacial score (nSPS) is 11.7. The van der Waals surface area contributed by atoms with Crippen molar-refractivity contribution in [3.05, 3.63) is 63.4 Å². The number of rotatable bonds is 4. The van der Waals surface area contributed by atoms with Crippen LogP contribution in [0.3, 0.4) is 0 Å². The third-order valence-corrected chi connectivity index (χ3v) is 6.01. The zero-order valence-corrected chi connectivity index (χ0v) is 15.3. The molecule has 0 fully saturated rings. The van der Waals surface area contributed by atoms with Gasteiger partial charge >= 0.3 is 5.76 Å². The van der Waals surface area contributed by atoms with E-state index < -0.39 is 15.8 Å². The van der Waals surface area contributed by atoms with Crippen molar-refractivity contribution in [1.29, 1.82) is 0 Å². The summed E-state index contributed by atoms with van der Waals surface area (Å²) in [5.74, 6) is -0.537. The molecule has 2 N–H and O–H groups in total. The van der Waals surface area contributed by atoms with Crippen molar-refractivity contribution < 1.29 is 12.8 Å². The van der Waals surface area contributed by atoms with E-state index in [0.717, 1.165) is 11.3 Å². The Bertz CT molecular complexity index is 1270. The number of benzene rings is 2. The number of anilines is 1. The predicted molar refractivity (Wildman–Crippen MR) is 100 cm³/mol. The Morgan fingerprint density at radius 3 is 2.85 bits per heavy atom. The third-order valence-electron chi connectivity index (χ3n) is 3.55. The van der Waals surface area contributed by atoms with Crippen molar-refractivity contribution in [2.45, 2.75) is 4.90 Å². The first-order valence-electron chi connectivity index (χ1n) is 7.28. The van der Waals surface area contributed by atoms with Crippen LogP contribution in [-0.2, 0) is 10.0 Å². The lowest BCUT2D eigenvalue weighted by Crippen LogP contribution is -2.12. The van der Waals surface area contributed by atoms with Gasteiger partial charge in [-0.3, -0.25) is 9.71 Å². The summed E-state index contributed by atoms with van der Waals surface area (Å²) in [5.41, 5.74) is 2.24. The van der Waals surface area contributed by atoms with E-state index in [1.807, 2.05) is 0 Å². The quantitative estimate of drug-likeness (QED) is 0.536. The molecule has 0 amide bonds. The standard InChI is InChI=1S/C16H10ClN3O4S2/c17-10-2-1-3-11(7-10)26(22,23)20-15-18-13(8-25-15)9-4-5-12-14(6-9)24-16(21)19-12/h1-8H,(H,18,20)(H,19,21). The fourth-order valence-electron chi connectivity index (χ4n) is 2.37. The van der Waals surface area contributed by atoms with Crippen LogP contribution in [0.4, 0.5) is 5.13 Å². The molecule has 0 saturated heterocycles. The molecule has 4 aromatic rings. The summed E-state index contributed by atoms with van der Waals surface area (Å²) < 4.78 is 32.3. The molecule has 0 aliphatic rings. The molecular formula is C16H10ClN3O4S2. The molecule has 0 saturated carbocycles. The summed E-state index contributed by atoms with van der Waals surface area (Å²) in [5, 5.41) is 2.26. The molecule has 0 atom stereocenters. The summed E-state index contributed by atoms with van der Waals surface area (Å²) in [6.07, 6.45) is 0. The van der Waals surface area contributed by atoms with Gasteiger partial charge in [0.15, 0.2) is 10.7 Å². The van der Waals surface area contributed by atoms with E-state index in [2.05, 4.69) is 14.7 Å². The van der Waals surface area contributed by atoms with E-state index in [0.29, 0.717) is 27.4 Å². The summed E-state index contributed by atoms with van der Waals surface area (Å²) in [4.78, 5) is 18.1. The van der Waals surface area contributed by atoms with E-state index in [9.17, 15) is 13.2 Å². The molecule has 0 aliphatic carbocycles. The van der Waals surface area contributed by atoms with Gasteiger partial charge in [0.25, 0.3) is 10.0 Å². The number of aromatic amines is 1. The molecule has 26 heavy (non-hydrogen) atoms. The third kappa shape index (κ3) is 3.24. The van der Waals surface area contributed by atoms with E-state index in [1.165, 1.54) is 12.1 Å². The first-order chi connectivity index (χ1) is 12.4. The Morgan fingerprint density at radius 1 is 1.19 bits per heavy atom. The van der Waals surface area contributed by atoms with Crippen LogP contribution >= 0.6 is 22.9 Å². The van der Waals surface area contributed by atoms with Gasteiger partial charge in [-0.25, -0.2) is 18.2 Å². The first-order valence-corrected chi connectivity index (χ1v) is 10.0. The maximum Gasteiger partial charge on any atom is 0.417 e. The van der Waals surface area contributed by atoms with Gasteiger partial charge in [-0.2, -0.15) is 0 Å². The van der Waals surface area contributed by atoms with Crippen LogP contribution in [0.1, 0.15) is 0 Å². The number of hydrogen-bond acceptors (Lipinski definition) is 6. The SMILES string of the molecule is O=c1[nH]c2ccc(-c3csc(NS(=O)(=O)c4cccc(Cl)c4)n3)cc2o1. The van der Waals surface area contributed by atoms with Crippen molar-refractivity contribution >= 4 is 49.2 Å². The molecule has 2 heterocycles. The Kier molecular flexibility index (Phi) is 4.06. The molecule has 2 aromatic heterocycles. The molecular weight excluding hydrogens is 398 g/mol. The predicted octanol–water partition coefficient (Wildman–Crippen LogP) is 3.70. The number of thiazole rings is 1. The molecule has 132 valence electrons. The van der Waals surface area contributed by atoms with Crippen LogP contribution in [0.15, 0.2) is 62.0 Å². The number of nitrogens with zero attached hydrogens (tertiary/aromatic N) is 1. The Labute approximate surface area is 156 Å². The smallest absolute Gasteiger partial charge is 0.408 e. The van der Waals surface area contributed by atoms with Gasteiger partial charge in [0.1, 0.15) is 0 Å². The van der Waals surface area contributed by atoms with Gasteiger partial charge in [-0.15, -0.1) is 11.3 Å². The number of oxazole rings is 1. The Morgan fingerprint density at radius 2 is 2.04 bits per heavy atom. The van der Waals surface area contributed by atoms with Crippen LogP contribution in [0.2, 0.25) is 5.02 Å². The zero-order valence-electron chi connectivity index (χ0n) is 12.9. The van der Waals surface area contributed by atoms with Gasteiger partial charge in [0.2, 0.25) is 0 Å². The van der Waals surface area contributed by atoms with Gasteiger partial charge in [-0.1, -0.05) is 23.7 Å². The fourth-order valence-corrected chi connectivity index (χ4v) is 4.64. The molecule has 7 nitrogen and oxygen atoms in total. The topological polar surface area (TPSA) is 105 Å². The van der Waals surface area contributed by atoms with Gasteiger partial charge in [0.05, 0.1) is 16.1 Å². The minimum Gasteiger partial charge on any atom is -0.408 e. The van der Waals surface area contributed by atoms with Gasteiger partial charge < -0.3 is 4.42 Å². The number of nitrogens with one attached hydrogen (secondary N) is 2. The molecule has 2 aromatic carbocycles. The second-order valence-corrected chi connectivity index (χ2v) is 8.30. The van der Waals surface area contributed by atoms with Crippen molar-refractivity contribution in [2.24, 2.45) is 0 Å². The number of H-pyrrole nitrogens is 1. The highest BCUT2D eigenvalue weighted by Gasteiger charge is 2.17. The van der Waals surface area contributed by atoms with Gasteiger partial charge in [-0.05, 0) is 30.3 Å². The number of fused-ring (bicyclic) bond motifs is 1. The molecule has 0 bridgehead atoms. The monoisotopic (exact) mass is 407 g/mol. The summed E-state index contributed by atoms with van der Waals surface area (Å²) >= 11 is 6.99. The molecule has 0 unspecified atom stereocenters. The van der Waals surface area contributed by atoms with Gasteiger partial charge in [0, 0.05) is 16.0 Å². The average molecular weight is 408 g/mol. The van der Waals surface area contributed by atoms with Crippen molar-refractivity contribution in [2.75, 3.05) is 4.72 Å². The summed E-state index contributed by atoms with van der Waals surface area (Å²) in [7, 11) is -3.79. The summed E-state index contributed by atoms with van der Waals surface area (Å²) in [6.45, 7) is 0. The molecule has 0 radical (unpaired) electrons. The lowest BCUT2D eigenvalue weighted by atomic mass is 10.1.